The van der Waals surface area contributed by atoms with E-state index in [-0.39, 0.29) is 5.60 Å². The van der Waals surface area contributed by atoms with Crippen LogP contribution in [-0.2, 0) is 11.3 Å². The molecular formula is C17H18O2. The highest BCUT2D eigenvalue weighted by Gasteiger charge is 2.22. The van der Waals surface area contributed by atoms with Crippen LogP contribution in [0.3, 0.4) is 0 Å². The summed E-state index contributed by atoms with van der Waals surface area (Å²) in [6.45, 7) is 5.93. The van der Waals surface area contributed by atoms with Gasteiger partial charge in [0.15, 0.2) is 5.75 Å². The molecule has 1 aliphatic carbocycles. The van der Waals surface area contributed by atoms with Crippen LogP contribution in [0.25, 0.3) is 11.1 Å². The summed E-state index contributed by atoms with van der Waals surface area (Å²) < 4.78 is 0. The Morgan fingerprint density at radius 2 is 1.63 bits per heavy atom. The largest absolute Gasteiger partial charge is 0.337 e. The first-order valence-corrected chi connectivity index (χ1v) is 6.60. The lowest BCUT2D eigenvalue weighted by Gasteiger charge is -2.19. The summed E-state index contributed by atoms with van der Waals surface area (Å²) in [5.41, 5.74) is 4.82. The van der Waals surface area contributed by atoms with E-state index < -0.39 is 0 Å². The molecule has 2 heteroatoms. The van der Waals surface area contributed by atoms with Crippen LogP contribution in [0.1, 0.15) is 31.9 Å². The maximum atomic E-state index is 5.54. The van der Waals surface area contributed by atoms with E-state index in [9.17, 15) is 0 Å². The molecule has 0 radical (unpaired) electrons. The second kappa shape index (κ2) is 4.39. The molecule has 2 aromatic rings. The van der Waals surface area contributed by atoms with Crippen molar-refractivity contribution in [2.24, 2.45) is 0 Å². The molecule has 0 bridgehead atoms. The maximum Gasteiger partial charge on any atom is 0.169 e. The summed E-state index contributed by atoms with van der Waals surface area (Å²) in [5.74, 6) is 0.823. The van der Waals surface area contributed by atoms with Crippen molar-refractivity contribution in [3.63, 3.8) is 0 Å². The van der Waals surface area contributed by atoms with Gasteiger partial charge in [-0.25, -0.2) is 0 Å². The molecule has 0 saturated carbocycles. The normalized spacial score (nSPS) is 13.0. The first-order chi connectivity index (χ1) is 9.04. The molecule has 0 heterocycles. The molecule has 2 nitrogen and oxygen atoms in total. The van der Waals surface area contributed by atoms with E-state index in [0.29, 0.717) is 0 Å². The van der Waals surface area contributed by atoms with Crippen LogP contribution in [0.2, 0.25) is 0 Å². The van der Waals surface area contributed by atoms with Crippen molar-refractivity contribution in [3.05, 3.63) is 53.6 Å². The van der Waals surface area contributed by atoms with Crippen molar-refractivity contribution in [3.8, 4) is 16.9 Å². The smallest absolute Gasteiger partial charge is 0.169 e. The fourth-order valence-electron chi connectivity index (χ4n) is 2.38. The first kappa shape index (κ1) is 12.2. The van der Waals surface area contributed by atoms with Crippen LogP contribution in [0.15, 0.2) is 42.5 Å². The van der Waals surface area contributed by atoms with Gasteiger partial charge in [0.1, 0.15) is 5.60 Å². The predicted octanol–water partition coefficient (Wildman–Crippen LogP) is 4.37. The summed E-state index contributed by atoms with van der Waals surface area (Å²) >= 11 is 0. The molecule has 0 unspecified atom stereocenters. The van der Waals surface area contributed by atoms with Crippen LogP contribution < -0.4 is 4.89 Å². The van der Waals surface area contributed by atoms with Crippen LogP contribution in [0.4, 0.5) is 0 Å². The van der Waals surface area contributed by atoms with E-state index in [1.807, 2.05) is 32.9 Å². The standard InChI is InChI=1S/C17H18O2/c1-17(2,3)19-18-16-10-6-9-14-13-8-5-4-7-12(13)11-15(14)16/h4-10H,11H2,1-3H3. The Morgan fingerprint density at radius 1 is 0.895 bits per heavy atom. The van der Waals surface area contributed by atoms with Crippen molar-refractivity contribution in [1.82, 2.24) is 0 Å². The maximum absolute atomic E-state index is 5.54. The number of rotatable bonds is 2. The highest BCUT2D eigenvalue weighted by molar-refractivity contribution is 5.78. The van der Waals surface area contributed by atoms with Crippen LogP contribution in [0.5, 0.6) is 5.75 Å². The Bertz CT molecular complexity index is 609. The number of fused-ring (bicyclic) bond motifs is 3. The number of hydrogen-bond donors (Lipinski definition) is 0. The number of hydrogen-bond acceptors (Lipinski definition) is 2. The summed E-state index contributed by atoms with van der Waals surface area (Å²) in [7, 11) is 0. The van der Waals surface area contributed by atoms with Gasteiger partial charge in [0.25, 0.3) is 0 Å². The topological polar surface area (TPSA) is 18.5 Å². The van der Waals surface area contributed by atoms with Crippen molar-refractivity contribution in [2.45, 2.75) is 32.8 Å². The molecular weight excluding hydrogens is 236 g/mol. The van der Waals surface area contributed by atoms with Gasteiger partial charge in [0.05, 0.1) is 0 Å². The Morgan fingerprint density at radius 3 is 2.42 bits per heavy atom. The van der Waals surface area contributed by atoms with Crippen LogP contribution in [-0.4, -0.2) is 5.60 Å². The highest BCUT2D eigenvalue weighted by Crippen LogP contribution is 2.41. The SMILES string of the molecule is CC(C)(C)OOc1cccc2c1Cc1ccccc1-2. The minimum atomic E-state index is -0.311. The molecule has 0 atom stereocenters. The molecule has 0 aliphatic heterocycles. The first-order valence-electron chi connectivity index (χ1n) is 6.60. The molecule has 0 spiro atoms. The highest BCUT2D eigenvalue weighted by atomic mass is 17.2. The zero-order valence-electron chi connectivity index (χ0n) is 11.6. The Kier molecular flexibility index (Phi) is 2.83. The lowest BCUT2D eigenvalue weighted by atomic mass is 10.1. The number of benzene rings is 2. The average molecular weight is 254 g/mol. The van der Waals surface area contributed by atoms with Gasteiger partial charge in [-0.15, -0.1) is 0 Å². The third kappa shape index (κ3) is 2.36. The minimum Gasteiger partial charge on any atom is -0.337 e. The summed E-state index contributed by atoms with van der Waals surface area (Å²) in [6, 6.07) is 14.6. The predicted molar refractivity (Wildman–Crippen MR) is 76.2 cm³/mol. The van der Waals surface area contributed by atoms with Gasteiger partial charge in [-0.1, -0.05) is 36.4 Å². The summed E-state index contributed by atoms with van der Waals surface area (Å²) in [5, 5.41) is 0. The van der Waals surface area contributed by atoms with E-state index in [0.717, 1.165) is 12.2 Å². The van der Waals surface area contributed by atoms with E-state index in [1.165, 1.54) is 22.3 Å². The van der Waals surface area contributed by atoms with Gasteiger partial charge >= 0.3 is 0 Å². The molecule has 1 aliphatic rings. The van der Waals surface area contributed by atoms with E-state index in [1.54, 1.807) is 0 Å². The fraction of sp³-hybridized carbons (Fsp3) is 0.294. The zero-order chi connectivity index (χ0) is 13.5. The molecule has 3 rings (SSSR count). The van der Waals surface area contributed by atoms with Crippen LogP contribution in [0, 0.1) is 0 Å². The monoisotopic (exact) mass is 254 g/mol. The quantitative estimate of drug-likeness (QED) is 0.499. The summed E-state index contributed by atoms with van der Waals surface area (Å²) in [6.07, 6.45) is 0.912. The van der Waals surface area contributed by atoms with Crippen molar-refractivity contribution < 1.29 is 9.78 Å². The van der Waals surface area contributed by atoms with Gasteiger partial charge in [0.2, 0.25) is 0 Å². The molecule has 2 aromatic carbocycles. The molecule has 0 amide bonds. The fourth-order valence-corrected chi connectivity index (χ4v) is 2.38. The molecule has 0 N–H and O–H groups in total. The van der Waals surface area contributed by atoms with Gasteiger partial charge in [-0.05, 0) is 43.5 Å². The second-order valence-corrected chi connectivity index (χ2v) is 5.90. The van der Waals surface area contributed by atoms with E-state index >= 15 is 0 Å². The molecule has 98 valence electrons. The zero-order valence-corrected chi connectivity index (χ0v) is 11.6. The Balaban J connectivity index is 1.95. The lowest BCUT2D eigenvalue weighted by molar-refractivity contribution is -0.274. The Hall–Kier alpha value is -1.80. The van der Waals surface area contributed by atoms with Crippen LogP contribution >= 0.6 is 0 Å². The molecule has 0 aromatic heterocycles. The van der Waals surface area contributed by atoms with Crippen molar-refractivity contribution >= 4 is 0 Å². The van der Waals surface area contributed by atoms with E-state index in [4.69, 9.17) is 9.78 Å². The minimum absolute atomic E-state index is 0.311. The molecule has 0 fully saturated rings. The Labute approximate surface area is 113 Å². The van der Waals surface area contributed by atoms with Gasteiger partial charge < -0.3 is 4.89 Å². The second-order valence-electron chi connectivity index (χ2n) is 5.90. The van der Waals surface area contributed by atoms with Crippen molar-refractivity contribution in [2.75, 3.05) is 0 Å². The van der Waals surface area contributed by atoms with Gasteiger partial charge in [0, 0.05) is 12.0 Å². The molecule has 0 saturated heterocycles. The van der Waals surface area contributed by atoms with E-state index in [2.05, 4.69) is 30.3 Å². The van der Waals surface area contributed by atoms with Gasteiger partial charge in [-0.3, -0.25) is 0 Å². The third-order valence-corrected chi connectivity index (χ3v) is 3.19. The lowest BCUT2D eigenvalue weighted by Crippen LogP contribution is -2.21. The average Bonchev–Trinajstić information content (AvgIpc) is 2.74. The summed E-state index contributed by atoms with van der Waals surface area (Å²) in [4.78, 5) is 11.0. The van der Waals surface area contributed by atoms with Gasteiger partial charge in [-0.2, -0.15) is 4.89 Å². The molecule has 19 heavy (non-hydrogen) atoms. The third-order valence-electron chi connectivity index (χ3n) is 3.19. The van der Waals surface area contributed by atoms with Crippen molar-refractivity contribution in [1.29, 1.82) is 0 Å².